The molecule has 0 fully saturated rings. The lowest BCUT2D eigenvalue weighted by Crippen LogP contribution is -2.14. The molecular formula is C16H22N4O2. The van der Waals surface area contributed by atoms with Gasteiger partial charge in [-0.15, -0.1) is 0 Å². The minimum absolute atomic E-state index is 0.289. The van der Waals surface area contributed by atoms with Crippen molar-refractivity contribution < 1.29 is 10.0 Å². The molecule has 0 atom stereocenters. The Morgan fingerprint density at radius 2 is 2.05 bits per heavy atom. The van der Waals surface area contributed by atoms with Crippen LogP contribution in [0.4, 0.5) is 5.82 Å². The molecule has 0 aliphatic rings. The van der Waals surface area contributed by atoms with Crippen molar-refractivity contribution in [1.82, 2.24) is 14.9 Å². The number of nitrogens with one attached hydrogen (secondary N) is 2. The predicted octanol–water partition coefficient (Wildman–Crippen LogP) is 2.80. The van der Waals surface area contributed by atoms with Crippen molar-refractivity contribution >= 4 is 23.4 Å². The number of carbonyl (C=O) groups is 1. The van der Waals surface area contributed by atoms with Gasteiger partial charge in [0.15, 0.2) is 0 Å². The first-order valence-corrected chi connectivity index (χ1v) is 7.33. The summed E-state index contributed by atoms with van der Waals surface area (Å²) >= 11 is 0. The molecule has 2 aromatic rings. The van der Waals surface area contributed by atoms with E-state index in [9.17, 15) is 4.79 Å². The van der Waals surface area contributed by atoms with Crippen LogP contribution in [-0.4, -0.2) is 26.5 Å². The van der Waals surface area contributed by atoms with Crippen molar-refractivity contribution in [3.05, 3.63) is 35.7 Å². The molecule has 2 aromatic heterocycles. The van der Waals surface area contributed by atoms with E-state index >= 15 is 0 Å². The van der Waals surface area contributed by atoms with Gasteiger partial charge >= 0.3 is 0 Å². The van der Waals surface area contributed by atoms with Crippen LogP contribution in [0.15, 0.2) is 24.4 Å². The van der Waals surface area contributed by atoms with Gasteiger partial charge in [0.1, 0.15) is 11.5 Å². The molecule has 0 bridgehead atoms. The Morgan fingerprint density at radius 3 is 2.64 bits per heavy atom. The van der Waals surface area contributed by atoms with Gasteiger partial charge < -0.3 is 5.32 Å². The van der Waals surface area contributed by atoms with Gasteiger partial charge in [0.2, 0.25) is 0 Å². The summed E-state index contributed by atoms with van der Waals surface area (Å²) in [4.78, 5) is 15.7. The molecule has 3 N–H and O–H groups in total. The average Bonchev–Trinajstić information content (AvgIpc) is 2.82. The van der Waals surface area contributed by atoms with Crippen LogP contribution in [0, 0.1) is 0 Å². The monoisotopic (exact) mass is 302 g/mol. The van der Waals surface area contributed by atoms with Crippen LogP contribution >= 0.6 is 0 Å². The summed E-state index contributed by atoms with van der Waals surface area (Å²) in [6.07, 6.45) is 4.83. The zero-order valence-corrected chi connectivity index (χ0v) is 13.3. The second-order valence-corrected chi connectivity index (χ2v) is 5.80. The fraction of sp³-hybridized carbons (Fsp3) is 0.375. The Labute approximate surface area is 129 Å². The smallest absolute Gasteiger partial charge is 0.267 e. The maximum Gasteiger partial charge on any atom is 0.267 e. The Balaban J connectivity index is 2.49. The van der Waals surface area contributed by atoms with E-state index in [-0.39, 0.29) is 6.04 Å². The third-order valence-corrected chi connectivity index (χ3v) is 3.18. The van der Waals surface area contributed by atoms with Gasteiger partial charge in [-0.1, -0.05) is 13.8 Å². The minimum Gasteiger partial charge on any atom is -0.367 e. The number of nitrogens with zero attached hydrogens (tertiary/aromatic N) is 2. The third-order valence-electron chi connectivity index (χ3n) is 3.18. The number of carbonyl (C=O) groups excluding carboxylic acids is 1. The molecule has 2 heterocycles. The first-order chi connectivity index (χ1) is 10.4. The van der Waals surface area contributed by atoms with Crippen LogP contribution in [0.5, 0.6) is 0 Å². The standard InChI is InChI=1S/C16H22N4O2/c1-10(2)15-16(17-11(3)4)20-9-12(5-7-13(20)18-15)6-8-14(21)19-22/h5-11,17,22H,1-4H3,(H,19,21)/b8-6+. The largest absolute Gasteiger partial charge is 0.367 e. The summed E-state index contributed by atoms with van der Waals surface area (Å²) in [5.74, 6) is 0.719. The number of fused-ring (bicyclic) bond motifs is 1. The topological polar surface area (TPSA) is 78.7 Å². The number of pyridine rings is 1. The second-order valence-electron chi connectivity index (χ2n) is 5.80. The molecule has 0 saturated heterocycles. The van der Waals surface area contributed by atoms with Crippen molar-refractivity contribution in [2.24, 2.45) is 0 Å². The Kier molecular flexibility index (Phi) is 4.82. The maximum atomic E-state index is 11.1. The van der Waals surface area contributed by atoms with Crippen molar-refractivity contribution in [1.29, 1.82) is 0 Å². The van der Waals surface area contributed by atoms with E-state index in [1.807, 2.05) is 22.7 Å². The highest BCUT2D eigenvalue weighted by Gasteiger charge is 2.15. The SMILES string of the molecule is CC(C)Nc1c(C(C)C)nc2ccc(/C=C/C(=O)NO)cn12. The molecule has 0 radical (unpaired) electrons. The number of rotatable bonds is 5. The molecule has 0 aliphatic carbocycles. The molecule has 0 aliphatic heterocycles. The predicted molar refractivity (Wildman–Crippen MR) is 87.0 cm³/mol. The van der Waals surface area contributed by atoms with E-state index in [1.54, 1.807) is 11.6 Å². The van der Waals surface area contributed by atoms with Gasteiger partial charge in [-0.25, -0.2) is 10.5 Å². The van der Waals surface area contributed by atoms with Crippen molar-refractivity contribution in [2.45, 2.75) is 39.7 Å². The van der Waals surface area contributed by atoms with Crippen LogP contribution < -0.4 is 10.8 Å². The zero-order valence-electron chi connectivity index (χ0n) is 13.3. The van der Waals surface area contributed by atoms with Gasteiger partial charge in [0.05, 0.1) is 5.69 Å². The van der Waals surface area contributed by atoms with Crippen LogP contribution in [0.25, 0.3) is 11.7 Å². The van der Waals surface area contributed by atoms with Gasteiger partial charge in [0, 0.05) is 18.3 Å². The molecular weight excluding hydrogens is 280 g/mol. The minimum atomic E-state index is -0.561. The number of imidazole rings is 1. The van der Waals surface area contributed by atoms with E-state index in [0.29, 0.717) is 5.92 Å². The molecule has 6 nitrogen and oxygen atoms in total. The number of hydrogen-bond acceptors (Lipinski definition) is 4. The highest BCUT2D eigenvalue weighted by molar-refractivity contribution is 5.90. The first-order valence-electron chi connectivity index (χ1n) is 7.33. The second kappa shape index (κ2) is 6.62. The quantitative estimate of drug-likeness (QED) is 0.451. The Bertz CT molecular complexity index is 701. The Hall–Kier alpha value is -2.34. The van der Waals surface area contributed by atoms with Gasteiger partial charge in [-0.05, 0) is 43.5 Å². The highest BCUT2D eigenvalue weighted by Crippen LogP contribution is 2.26. The fourth-order valence-corrected chi connectivity index (χ4v) is 2.21. The summed E-state index contributed by atoms with van der Waals surface area (Å²) in [5, 5.41) is 12.0. The van der Waals surface area contributed by atoms with Crippen molar-refractivity contribution in [3.63, 3.8) is 0 Å². The number of aromatic nitrogens is 2. The third kappa shape index (κ3) is 3.46. The number of anilines is 1. The lowest BCUT2D eigenvalue weighted by Gasteiger charge is -2.13. The van der Waals surface area contributed by atoms with Crippen molar-refractivity contribution in [3.8, 4) is 0 Å². The molecule has 0 unspecified atom stereocenters. The van der Waals surface area contributed by atoms with E-state index in [2.05, 4.69) is 38.0 Å². The Morgan fingerprint density at radius 1 is 1.32 bits per heavy atom. The normalized spacial score (nSPS) is 11.8. The van der Waals surface area contributed by atoms with E-state index in [1.165, 1.54) is 6.08 Å². The van der Waals surface area contributed by atoms with Gasteiger partial charge in [-0.3, -0.25) is 14.4 Å². The summed E-state index contributed by atoms with van der Waals surface area (Å²) in [7, 11) is 0. The van der Waals surface area contributed by atoms with E-state index in [4.69, 9.17) is 5.21 Å². The zero-order chi connectivity index (χ0) is 16.3. The molecule has 0 aromatic carbocycles. The molecule has 22 heavy (non-hydrogen) atoms. The fourth-order valence-electron chi connectivity index (χ4n) is 2.21. The van der Waals surface area contributed by atoms with Crippen LogP contribution in [-0.2, 0) is 4.79 Å². The molecule has 118 valence electrons. The lowest BCUT2D eigenvalue weighted by molar-refractivity contribution is -0.124. The average molecular weight is 302 g/mol. The molecule has 0 spiro atoms. The van der Waals surface area contributed by atoms with Gasteiger partial charge in [-0.2, -0.15) is 0 Å². The van der Waals surface area contributed by atoms with Crippen LogP contribution in [0.1, 0.15) is 44.9 Å². The highest BCUT2D eigenvalue weighted by atomic mass is 16.5. The van der Waals surface area contributed by atoms with Crippen LogP contribution in [0.3, 0.4) is 0 Å². The summed E-state index contributed by atoms with van der Waals surface area (Å²) in [5.41, 5.74) is 4.29. The van der Waals surface area contributed by atoms with Crippen molar-refractivity contribution in [2.75, 3.05) is 5.32 Å². The van der Waals surface area contributed by atoms with Gasteiger partial charge in [0.25, 0.3) is 5.91 Å². The molecule has 2 rings (SSSR count). The molecule has 0 saturated carbocycles. The number of hydrogen-bond donors (Lipinski definition) is 3. The number of amides is 1. The maximum absolute atomic E-state index is 11.1. The summed E-state index contributed by atoms with van der Waals surface area (Å²) in [6.45, 7) is 8.39. The molecule has 1 amide bonds. The lowest BCUT2D eigenvalue weighted by atomic mass is 10.1. The summed E-state index contributed by atoms with van der Waals surface area (Å²) < 4.78 is 1.99. The van der Waals surface area contributed by atoms with E-state index in [0.717, 1.165) is 22.7 Å². The summed E-state index contributed by atoms with van der Waals surface area (Å²) in [6, 6.07) is 4.08. The number of hydroxylamine groups is 1. The molecule has 6 heteroatoms. The first kappa shape index (κ1) is 16.0. The van der Waals surface area contributed by atoms with Crippen LogP contribution in [0.2, 0.25) is 0 Å². The van der Waals surface area contributed by atoms with E-state index < -0.39 is 5.91 Å².